The molecule has 3 aromatic carbocycles. The van der Waals surface area contributed by atoms with E-state index in [0.29, 0.717) is 12.8 Å². The lowest BCUT2D eigenvalue weighted by Crippen LogP contribution is -2.29. The number of nitrogens with zero attached hydrogens (tertiary/aromatic N) is 2. The van der Waals surface area contributed by atoms with Crippen LogP contribution in [0.25, 0.3) is 16.8 Å². The number of hydrogen-bond acceptors (Lipinski definition) is 8. The van der Waals surface area contributed by atoms with Gasteiger partial charge >= 0.3 is 0 Å². The summed E-state index contributed by atoms with van der Waals surface area (Å²) in [6.45, 7) is 1.98. The summed E-state index contributed by atoms with van der Waals surface area (Å²) in [4.78, 5) is 17.3. The zero-order chi connectivity index (χ0) is 29.1. The highest BCUT2D eigenvalue weighted by Crippen LogP contribution is 2.37. The fourth-order valence-corrected chi connectivity index (χ4v) is 6.00. The number of sulfone groups is 1. The molecule has 1 saturated carbocycles. The molecule has 1 aromatic heterocycles. The zero-order valence-corrected chi connectivity index (χ0v) is 24.0. The Hall–Kier alpha value is -4.31. The molecule has 0 bridgehead atoms. The molecule has 4 aromatic rings. The van der Waals surface area contributed by atoms with Gasteiger partial charge in [-0.25, -0.2) is 8.42 Å². The molecule has 0 saturated heterocycles. The van der Waals surface area contributed by atoms with Crippen LogP contribution in [0.15, 0.2) is 81.3 Å². The molecular formula is C31H32N2O7S. The summed E-state index contributed by atoms with van der Waals surface area (Å²) in [5.41, 5.74) is 0.853. The van der Waals surface area contributed by atoms with Gasteiger partial charge in [0.05, 0.1) is 25.2 Å². The molecule has 10 heteroatoms. The lowest BCUT2D eigenvalue weighted by molar-refractivity contribution is 0.304. The summed E-state index contributed by atoms with van der Waals surface area (Å²) in [7, 11) is -1.60. The first-order valence-electron chi connectivity index (χ1n) is 13.5. The number of unbranched alkanes of at least 4 members (excludes halogenated alkanes) is 1. The Morgan fingerprint density at radius 2 is 1.56 bits per heavy atom. The molecule has 0 aliphatic heterocycles. The summed E-state index contributed by atoms with van der Waals surface area (Å²) in [5.74, 6) is 0.647. The number of methoxy groups -OCH3 is 2. The number of benzene rings is 3. The average molecular weight is 577 g/mol. The number of para-hydroxylation sites is 2. The summed E-state index contributed by atoms with van der Waals surface area (Å²) >= 11 is 0. The molecule has 9 nitrogen and oxygen atoms in total. The highest BCUT2D eigenvalue weighted by Gasteiger charge is 2.32. The van der Waals surface area contributed by atoms with Gasteiger partial charge in [0.25, 0.3) is 5.56 Å². The third-order valence-corrected chi connectivity index (χ3v) is 8.71. The van der Waals surface area contributed by atoms with Gasteiger partial charge < -0.3 is 19.3 Å². The van der Waals surface area contributed by atoms with Crippen LogP contribution in [0.2, 0.25) is 0 Å². The minimum absolute atomic E-state index is 0.157. The van der Waals surface area contributed by atoms with Crippen LogP contribution in [0, 0.1) is 0 Å². The van der Waals surface area contributed by atoms with E-state index in [9.17, 15) is 18.3 Å². The van der Waals surface area contributed by atoms with Gasteiger partial charge in [-0.3, -0.25) is 9.36 Å². The maximum Gasteiger partial charge on any atom is 0.281 e. The summed E-state index contributed by atoms with van der Waals surface area (Å²) < 4.78 is 45.9. The van der Waals surface area contributed by atoms with Crippen molar-refractivity contribution in [2.45, 2.75) is 54.9 Å². The minimum atomic E-state index is -4.48. The lowest BCUT2D eigenvalue weighted by atomic mass is 10.0. The van der Waals surface area contributed by atoms with Crippen molar-refractivity contribution in [1.29, 1.82) is 0 Å². The van der Waals surface area contributed by atoms with Crippen molar-refractivity contribution in [1.82, 2.24) is 9.55 Å². The van der Waals surface area contributed by atoms with E-state index in [1.165, 1.54) is 30.9 Å². The van der Waals surface area contributed by atoms with Crippen LogP contribution in [0.4, 0.5) is 0 Å². The number of aromatic hydroxyl groups is 1. The van der Waals surface area contributed by atoms with Crippen LogP contribution < -0.4 is 19.8 Å². The molecule has 1 aliphatic rings. The first-order chi connectivity index (χ1) is 19.8. The molecule has 0 radical (unpaired) electrons. The van der Waals surface area contributed by atoms with Crippen molar-refractivity contribution >= 4 is 9.84 Å². The van der Waals surface area contributed by atoms with Gasteiger partial charge in [0, 0.05) is 12.0 Å². The Labute approximate surface area is 238 Å². The predicted molar refractivity (Wildman–Crippen MR) is 154 cm³/mol. The van der Waals surface area contributed by atoms with Crippen LogP contribution >= 0.6 is 0 Å². The molecule has 1 aliphatic carbocycles. The number of ether oxygens (including phenoxy) is 3. The van der Waals surface area contributed by atoms with E-state index in [0.717, 1.165) is 36.1 Å². The van der Waals surface area contributed by atoms with Gasteiger partial charge in [-0.2, -0.15) is 4.98 Å². The lowest BCUT2D eigenvalue weighted by Gasteiger charge is -2.19. The van der Waals surface area contributed by atoms with Gasteiger partial charge in [-0.1, -0.05) is 49.7 Å². The zero-order valence-electron chi connectivity index (χ0n) is 23.2. The Kier molecular flexibility index (Phi) is 8.03. The van der Waals surface area contributed by atoms with Gasteiger partial charge in [-0.05, 0) is 55.2 Å². The minimum Gasteiger partial charge on any atom is -0.494 e. The third-order valence-electron chi connectivity index (χ3n) is 6.92. The third kappa shape index (κ3) is 5.52. The molecule has 1 fully saturated rings. The SMILES string of the molecule is CCCCc1nc(O)c(S(=O)(=O)c2ccc(-c3ccccc3OC3CC3)cc2)c(=O)n1-c1c(OC)cccc1OC. The molecular weight excluding hydrogens is 544 g/mol. The van der Waals surface area contributed by atoms with E-state index in [-0.39, 0.29) is 34.0 Å². The van der Waals surface area contributed by atoms with E-state index in [2.05, 4.69) is 4.98 Å². The Morgan fingerprint density at radius 1 is 0.927 bits per heavy atom. The standard InChI is InChI=1S/C31H32N2O7S/c1-4-5-13-27-32-30(34)29(31(35)33(27)28-25(38-2)11-8-12-26(28)39-3)41(36,37)22-18-14-20(15-19-22)23-9-6-7-10-24(23)40-21-16-17-21/h6-12,14-15,18-19,21,34H,4-5,13,16-17H2,1-3H3. The monoisotopic (exact) mass is 576 g/mol. The van der Waals surface area contributed by atoms with Gasteiger partial charge in [0.1, 0.15) is 28.8 Å². The number of aromatic nitrogens is 2. The summed E-state index contributed by atoms with van der Waals surface area (Å²) in [6, 6.07) is 18.7. The predicted octanol–water partition coefficient (Wildman–Crippen LogP) is 5.34. The molecule has 0 spiro atoms. The van der Waals surface area contributed by atoms with Crippen molar-refractivity contribution in [3.63, 3.8) is 0 Å². The van der Waals surface area contributed by atoms with Gasteiger partial charge in [-0.15, -0.1) is 0 Å². The van der Waals surface area contributed by atoms with Crippen LogP contribution in [-0.4, -0.2) is 43.4 Å². The fourth-order valence-electron chi connectivity index (χ4n) is 4.66. The number of hydrogen-bond donors (Lipinski definition) is 1. The molecule has 5 rings (SSSR count). The fraction of sp³-hybridized carbons (Fsp3) is 0.290. The van der Waals surface area contributed by atoms with E-state index >= 15 is 0 Å². The number of rotatable bonds is 11. The van der Waals surface area contributed by atoms with Gasteiger partial charge in [0.15, 0.2) is 4.90 Å². The molecule has 1 heterocycles. The van der Waals surface area contributed by atoms with Crippen LogP contribution in [0.1, 0.15) is 38.4 Å². The van der Waals surface area contributed by atoms with Crippen molar-refractivity contribution in [2.75, 3.05) is 14.2 Å². The smallest absolute Gasteiger partial charge is 0.281 e. The first-order valence-corrected chi connectivity index (χ1v) is 15.0. The molecule has 1 N–H and O–H groups in total. The second-order valence-corrected chi connectivity index (χ2v) is 11.7. The maximum absolute atomic E-state index is 14.0. The molecule has 0 amide bonds. The summed E-state index contributed by atoms with van der Waals surface area (Å²) in [6.07, 6.45) is 3.99. The van der Waals surface area contributed by atoms with E-state index in [4.69, 9.17) is 14.2 Å². The largest absolute Gasteiger partial charge is 0.494 e. The van der Waals surface area contributed by atoms with Crippen molar-refractivity contribution < 1.29 is 27.7 Å². The van der Waals surface area contributed by atoms with E-state index in [1.807, 2.05) is 31.2 Å². The van der Waals surface area contributed by atoms with Crippen molar-refractivity contribution in [2.24, 2.45) is 0 Å². The van der Waals surface area contributed by atoms with Crippen LogP contribution in [0.3, 0.4) is 0 Å². The highest BCUT2D eigenvalue weighted by atomic mass is 32.2. The summed E-state index contributed by atoms with van der Waals surface area (Å²) in [5, 5.41) is 10.9. The Balaban J connectivity index is 1.63. The maximum atomic E-state index is 14.0. The van der Waals surface area contributed by atoms with E-state index < -0.39 is 26.2 Å². The first kappa shape index (κ1) is 28.2. The molecule has 0 atom stereocenters. The second kappa shape index (κ2) is 11.7. The Bertz CT molecular complexity index is 1700. The number of aryl methyl sites for hydroxylation is 1. The van der Waals surface area contributed by atoms with Crippen LogP contribution in [0.5, 0.6) is 23.1 Å². The van der Waals surface area contributed by atoms with Gasteiger partial charge in [0.2, 0.25) is 15.7 Å². The quantitative estimate of drug-likeness (QED) is 0.254. The second-order valence-electron chi connectivity index (χ2n) is 9.78. The molecule has 214 valence electrons. The highest BCUT2D eigenvalue weighted by molar-refractivity contribution is 7.91. The van der Waals surface area contributed by atoms with Crippen LogP contribution in [-0.2, 0) is 16.3 Å². The molecule has 41 heavy (non-hydrogen) atoms. The van der Waals surface area contributed by atoms with E-state index in [1.54, 1.807) is 30.3 Å². The Morgan fingerprint density at radius 3 is 2.17 bits per heavy atom. The topological polar surface area (TPSA) is 117 Å². The van der Waals surface area contributed by atoms with Crippen molar-refractivity contribution in [3.05, 3.63) is 82.9 Å². The normalized spacial score (nSPS) is 13.1. The average Bonchev–Trinajstić information content (AvgIpc) is 3.80. The molecule has 0 unspecified atom stereocenters. The van der Waals surface area contributed by atoms with Crippen molar-refractivity contribution in [3.8, 4) is 39.9 Å².